The molecule has 4 atom stereocenters. The van der Waals surface area contributed by atoms with Crippen LogP contribution in [0.25, 0.3) is 0 Å². The van der Waals surface area contributed by atoms with Crippen molar-refractivity contribution in [3.63, 3.8) is 0 Å². The van der Waals surface area contributed by atoms with Gasteiger partial charge < -0.3 is 24.7 Å². The van der Waals surface area contributed by atoms with Crippen LogP contribution in [-0.2, 0) is 14.4 Å². The first-order valence-corrected chi connectivity index (χ1v) is 18.2. The number of rotatable bonds is 7. The second-order valence-corrected chi connectivity index (χ2v) is 17.0. The minimum absolute atomic E-state index is 0.00207. The molecular weight excluding hydrogens is 614 g/mol. The predicted octanol–water partition coefficient (Wildman–Crippen LogP) is 4.32. The fraction of sp³-hybridized carbons (Fsp3) is 0.757. The lowest BCUT2D eigenvalue weighted by Crippen LogP contribution is -2.55. The van der Waals surface area contributed by atoms with Crippen LogP contribution in [0.3, 0.4) is 0 Å². The number of carbonyl (C=O) groups excluding carboxylic acids is 3. The van der Waals surface area contributed by atoms with Crippen LogP contribution in [0, 0.1) is 17.3 Å². The van der Waals surface area contributed by atoms with E-state index in [0.29, 0.717) is 43.5 Å². The van der Waals surface area contributed by atoms with Crippen LogP contribution in [0.1, 0.15) is 85.1 Å². The van der Waals surface area contributed by atoms with Crippen LogP contribution in [-0.4, -0.2) is 130 Å². The summed E-state index contributed by atoms with van der Waals surface area (Å²) in [6.07, 6.45) is 4.31. The molecule has 4 fully saturated rings. The minimum atomic E-state index is -0.949. The van der Waals surface area contributed by atoms with Gasteiger partial charge in [0.2, 0.25) is 17.7 Å². The number of likely N-dealkylation sites (tertiary alicyclic amines) is 2. The normalized spacial score (nSPS) is 29.7. The van der Waals surface area contributed by atoms with Crippen LogP contribution >= 0.6 is 11.6 Å². The van der Waals surface area contributed by atoms with E-state index in [0.717, 1.165) is 50.9 Å². The average Bonchev–Trinajstić information content (AvgIpc) is 3.68. The summed E-state index contributed by atoms with van der Waals surface area (Å²) in [6, 6.07) is 6.96. The Labute approximate surface area is 287 Å². The third-order valence-electron chi connectivity index (χ3n) is 11.5. The zero-order chi connectivity index (χ0) is 34.3. The van der Waals surface area contributed by atoms with Gasteiger partial charge in [-0.3, -0.25) is 19.3 Å². The van der Waals surface area contributed by atoms with E-state index in [4.69, 9.17) is 11.6 Å². The fourth-order valence-electron chi connectivity index (χ4n) is 8.16. The van der Waals surface area contributed by atoms with Gasteiger partial charge in [-0.25, -0.2) is 0 Å². The summed E-state index contributed by atoms with van der Waals surface area (Å²) in [5.74, 6) is 0.156. The zero-order valence-corrected chi connectivity index (χ0v) is 30.5. The Morgan fingerprint density at radius 1 is 0.872 bits per heavy atom. The molecule has 0 spiro atoms. The van der Waals surface area contributed by atoms with E-state index < -0.39 is 11.5 Å². The maximum Gasteiger partial charge on any atom is 0.245 e. The van der Waals surface area contributed by atoms with Gasteiger partial charge in [-0.1, -0.05) is 30.7 Å². The lowest BCUT2D eigenvalue weighted by molar-refractivity contribution is -0.149. The molecule has 1 aromatic rings. The van der Waals surface area contributed by atoms with Gasteiger partial charge in [0.1, 0.15) is 6.04 Å². The van der Waals surface area contributed by atoms with Crippen LogP contribution < -0.4 is 0 Å². The van der Waals surface area contributed by atoms with Crippen LogP contribution in [0.5, 0.6) is 0 Å². The molecule has 0 aromatic heterocycles. The van der Waals surface area contributed by atoms with Crippen LogP contribution in [0.15, 0.2) is 24.3 Å². The number of piperazine rings is 1. The molecule has 3 aliphatic heterocycles. The van der Waals surface area contributed by atoms with E-state index in [-0.39, 0.29) is 53.8 Å². The second-order valence-electron chi connectivity index (χ2n) is 16.5. The predicted molar refractivity (Wildman–Crippen MR) is 186 cm³/mol. The van der Waals surface area contributed by atoms with Gasteiger partial charge in [-0.15, -0.1) is 0 Å². The van der Waals surface area contributed by atoms with E-state index in [1.54, 1.807) is 13.8 Å². The SMILES string of the molecule is CC1CCC(N(C(=O)C(C)(C)CO)[C@H]2C[C@H](C(=O)N3CCN(C)CC3)N(C(=O)[C@@H]3CN(C(C)(C)C)C[C@H]3c3ccc(Cl)cc3)C2)CC1. The van der Waals surface area contributed by atoms with Gasteiger partial charge in [0.25, 0.3) is 0 Å². The first-order valence-electron chi connectivity index (χ1n) is 17.8. The molecule has 3 amide bonds. The number of aliphatic hydroxyl groups is 1. The van der Waals surface area contributed by atoms with Crippen molar-refractivity contribution in [2.45, 2.75) is 103 Å². The van der Waals surface area contributed by atoms with Crippen molar-refractivity contribution in [1.82, 2.24) is 24.5 Å². The van der Waals surface area contributed by atoms with E-state index in [1.165, 1.54) is 0 Å². The number of carbonyl (C=O) groups is 3. The Kier molecular flexibility index (Phi) is 11.0. The van der Waals surface area contributed by atoms with Gasteiger partial charge in [0.05, 0.1) is 24.0 Å². The lowest BCUT2D eigenvalue weighted by atomic mass is 9.83. The first-order chi connectivity index (χ1) is 22.1. The summed E-state index contributed by atoms with van der Waals surface area (Å²) in [4.78, 5) is 54.0. The largest absolute Gasteiger partial charge is 0.395 e. The summed E-state index contributed by atoms with van der Waals surface area (Å²) >= 11 is 6.27. The topological polar surface area (TPSA) is 87.6 Å². The quantitative estimate of drug-likeness (QED) is 0.465. The van der Waals surface area contributed by atoms with Crippen molar-refractivity contribution < 1.29 is 19.5 Å². The molecule has 0 radical (unpaired) electrons. The number of nitrogens with zero attached hydrogens (tertiary/aromatic N) is 5. The van der Waals surface area contributed by atoms with Gasteiger partial charge >= 0.3 is 0 Å². The van der Waals surface area contributed by atoms with Crippen molar-refractivity contribution in [3.05, 3.63) is 34.9 Å². The Morgan fingerprint density at radius 2 is 1.49 bits per heavy atom. The molecule has 5 rings (SSSR count). The molecule has 0 unspecified atom stereocenters. The maximum absolute atomic E-state index is 15.0. The Hall–Kier alpha value is -2.20. The molecule has 10 heteroatoms. The van der Waals surface area contributed by atoms with Crippen molar-refractivity contribution in [3.8, 4) is 0 Å². The molecule has 262 valence electrons. The van der Waals surface area contributed by atoms with Crippen molar-refractivity contribution in [2.24, 2.45) is 17.3 Å². The highest BCUT2D eigenvalue weighted by molar-refractivity contribution is 6.30. The monoisotopic (exact) mass is 671 g/mol. The number of likely N-dealkylation sites (N-methyl/N-ethyl adjacent to an activating group) is 1. The van der Waals surface area contributed by atoms with Crippen molar-refractivity contribution in [2.75, 3.05) is 59.5 Å². The summed E-state index contributed by atoms with van der Waals surface area (Å²) in [6.45, 7) is 16.7. The van der Waals surface area contributed by atoms with Gasteiger partial charge in [-0.05, 0) is 97.4 Å². The number of aliphatic hydroxyl groups excluding tert-OH is 1. The molecule has 47 heavy (non-hydrogen) atoms. The molecule has 1 aliphatic carbocycles. The summed E-state index contributed by atoms with van der Waals surface area (Å²) < 4.78 is 0. The molecular formula is C37H58ClN5O4. The minimum Gasteiger partial charge on any atom is -0.395 e. The first kappa shape index (κ1) is 36.1. The van der Waals surface area contributed by atoms with Crippen LogP contribution in [0.4, 0.5) is 0 Å². The fourth-order valence-corrected chi connectivity index (χ4v) is 8.29. The highest BCUT2D eigenvalue weighted by Crippen LogP contribution is 2.41. The van der Waals surface area contributed by atoms with Crippen molar-refractivity contribution >= 4 is 29.3 Å². The highest BCUT2D eigenvalue weighted by Gasteiger charge is 2.52. The lowest BCUT2D eigenvalue weighted by Gasteiger charge is -2.43. The molecule has 1 N–H and O–H groups in total. The summed E-state index contributed by atoms with van der Waals surface area (Å²) in [5.41, 5.74) is 0.00462. The molecule has 4 aliphatic rings. The number of hydrogen-bond donors (Lipinski definition) is 1. The molecule has 3 saturated heterocycles. The molecule has 3 heterocycles. The average molecular weight is 672 g/mol. The van der Waals surface area contributed by atoms with Gasteiger partial charge in [0, 0.05) is 68.3 Å². The number of benzene rings is 1. The van der Waals surface area contributed by atoms with E-state index in [9.17, 15) is 19.5 Å². The Morgan fingerprint density at radius 3 is 2.06 bits per heavy atom. The maximum atomic E-state index is 15.0. The zero-order valence-electron chi connectivity index (χ0n) is 29.8. The standard InChI is InChI=1S/C37H58ClN5O4/c1-25-8-14-28(15-9-25)43(35(47)37(5,6)24-44)29-20-32(34(46)40-18-16-39(7)17-19-40)42(21-29)33(45)31-23-41(36(2,3)4)22-30(31)26-10-12-27(38)13-11-26/h10-13,25,28-32,44H,8-9,14-24H2,1-7H3/t25?,28?,29-,30-,31+,32+/m0/s1. The van der Waals surface area contributed by atoms with E-state index >= 15 is 0 Å². The molecule has 0 bridgehead atoms. The summed E-state index contributed by atoms with van der Waals surface area (Å²) in [7, 11) is 2.07. The second kappa shape index (κ2) is 14.3. The van der Waals surface area contributed by atoms with Gasteiger partial charge in [0.15, 0.2) is 0 Å². The molecule has 9 nitrogen and oxygen atoms in total. The number of hydrogen-bond acceptors (Lipinski definition) is 6. The third kappa shape index (κ3) is 7.84. The summed E-state index contributed by atoms with van der Waals surface area (Å²) in [5, 5.41) is 10.9. The smallest absolute Gasteiger partial charge is 0.245 e. The Balaban J connectivity index is 1.50. The van der Waals surface area contributed by atoms with Crippen LogP contribution in [0.2, 0.25) is 5.02 Å². The van der Waals surface area contributed by atoms with Gasteiger partial charge in [-0.2, -0.15) is 0 Å². The number of amides is 3. The number of halogens is 1. The van der Waals surface area contributed by atoms with Crippen molar-refractivity contribution in [1.29, 1.82) is 0 Å². The highest BCUT2D eigenvalue weighted by atomic mass is 35.5. The molecule has 1 aromatic carbocycles. The van der Waals surface area contributed by atoms with E-state index in [2.05, 4.69) is 44.5 Å². The third-order valence-corrected chi connectivity index (χ3v) is 11.8. The molecule has 1 saturated carbocycles. The van der Waals surface area contributed by atoms with E-state index in [1.807, 2.05) is 39.0 Å². The Bertz CT molecular complexity index is 1270.